The standard InChI is InChI=1S/C16H21ClO4S/c1-11-15(3-7-19-11)22(18)8-4-12-9-13(17)16-14(10-12)20-5-2-6-21-16/h9-11,15H,2-8H2,1H3/t11-,15+,22-/m0/s1. The number of hydrogen-bond donors (Lipinski definition) is 0. The molecular weight excluding hydrogens is 324 g/mol. The van der Waals surface area contributed by atoms with Gasteiger partial charge in [-0.3, -0.25) is 4.21 Å². The Balaban J connectivity index is 1.66. The average molecular weight is 345 g/mol. The van der Waals surface area contributed by atoms with Crippen molar-refractivity contribution in [1.29, 1.82) is 0 Å². The van der Waals surface area contributed by atoms with Crippen LogP contribution in [0.25, 0.3) is 0 Å². The molecule has 1 fully saturated rings. The van der Waals surface area contributed by atoms with Crippen molar-refractivity contribution in [3.8, 4) is 11.5 Å². The number of fused-ring (bicyclic) bond motifs is 1. The Bertz CT molecular complexity index is 563. The van der Waals surface area contributed by atoms with Crippen LogP contribution in [-0.4, -0.2) is 41.1 Å². The highest BCUT2D eigenvalue weighted by molar-refractivity contribution is 7.85. The van der Waals surface area contributed by atoms with Crippen LogP contribution in [0.4, 0.5) is 0 Å². The van der Waals surface area contributed by atoms with E-state index in [1.807, 2.05) is 19.1 Å². The number of benzene rings is 1. The first-order valence-corrected chi connectivity index (χ1v) is 9.48. The lowest BCUT2D eigenvalue weighted by molar-refractivity contribution is 0.127. The molecule has 4 nitrogen and oxygen atoms in total. The molecule has 3 atom stereocenters. The number of halogens is 1. The Morgan fingerprint density at radius 3 is 2.86 bits per heavy atom. The van der Waals surface area contributed by atoms with Gasteiger partial charge in [0.2, 0.25) is 0 Å². The van der Waals surface area contributed by atoms with Crippen LogP contribution in [0.3, 0.4) is 0 Å². The van der Waals surface area contributed by atoms with Gasteiger partial charge >= 0.3 is 0 Å². The van der Waals surface area contributed by atoms with Crippen molar-refractivity contribution in [2.24, 2.45) is 0 Å². The first kappa shape index (κ1) is 16.1. The second kappa shape index (κ2) is 7.20. The van der Waals surface area contributed by atoms with E-state index in [0.29, 0.717) is 48.5 Å². The minimum absolute atomic E-state index is 0.0909. The van der Waals surface area contributed by atoms with Crippen LogP contribution >= 0.6 is 11.6 Å². The fourth-order valence-electron chi connectivity index (χ4n) is 2.86. The summed E-state index contributed by atoms with van der Waals surface area (Å²) < 4.78 is 29.2. The number of ether oxygens (including phenoxy) is 3. The molecule has 0 aromatic heterocycles. The summed E-state index contributed by atoms with van der Waals surface area (Å²) in [4.78, 5) is 0. The van der Waals surface area contributed by atoms with E-state index in [1.165, 1.54) is 0 Å². The van der Waals surface area contributed by atoms with E-state index in [9.17, 15) is 4.21 Å². The van der Waals surface area contributed by atoms with Gasteiger partial charge in [0, 0.05) is 29.6 Å². The maximum atomic E-state index is 12.4. The van der Waals surface area contributed by atoms with Crippen LogP contribution in [-0.2, 0) is 22.0 Å². The maximum Gasteiger partial charge on any atom is 0.179 e. The molecule has 0 unspecified atom stereocenters. The van der Waals surface area contributed by atoms with Crippen molar-refractivity contribution in [3.63, 3.8) is 0 Å². The zero-order valence-electron chi connectivity index (χ0n) is 12.7. The molecule has 1 aromatic rings. The predicted octanol–water partition coefficient (Wildman–Crippen LogP) is 2.97. The molecule has 0 N–H and O–H groups in total. The number of aryl methyl sites for hydroxylation is 1. The van der Waals surface area contributed by atoms with E-state index in [-0.39, 0.29) is 11.4 Å². The van der Waals surface area contributed by atoms with Crippen molar-refractivity contribution < 1.29 is 18.4 Å². The smallest absolute Gasteiger partial charge is 0.179 e. The molecule has 0 radical (unpaired) electrons. The molecule has 122 valence electrons. The Morgan fingerprint density at radius 1 is 1.27 bits per heavy atom. The highest BCUT2D eigenvalue weighted by Crippen LogP contribution is 2.38. The third-order valence-corrected chi connectivity index (χ3v) is 6.28. The molecule has 2 heterocycles. The van der Waals surface area contributed by atoms with Gasteiger partial charge in [0.05, 0.1) is 29.6 Å². The second-order valence-electron chi connectivity index (χ2n) is 5.69. The van der Waals surface area contributed by atoms with Gasteiger partial charge in [-0.1, -0.05) is 11.6 Å². The molecule has 0 aliphatic carbocycles. The Morgan fingerprint density at radius 2 is 2.09 bits per heavy atom. The molecule has 2 aliphatic rings. The molecule has 6 heteroatoms. The predicted molar refractivity (Wildman–Crippen MR) is 87.6 cm³/mol. The lowest BCUT2D eigenvalue weighted by atomic mass is 10.1. The van der Waals surface area contributed by atoms with E-state index < -0.39 is 10.8 Å². The quantitative estimate of drug-likeness (QED) is 0.842. The van der Waals surface area contributed by atoms with Crippen LogP contribution in [0.15, 0.2) is 12.1 Å². The van der Waals surface area contributed by atoms with Crippen molar-refractivity contribution in [3.05, 3.63) is 22.7 Å². The molecule has 1 saturated heterocycles. The summed E-state index contributed by atoms with van der Waals surface area (Å²) in [5, 5.41) is 0.716. The minimum atomic E-state index is -0.878. The summed E-state index contributed by atoms with van der Waals surface area (Å²) in [6.45, 7) is 3.97. The SMILES string of the molecule is C[C@@H]1OCC[C@H]1[S@@](=O)CCc1cc(Cl)c2c(c1)OCCCO2. The molecule has 0 bridgehead atoms. The van der Waals surface area contributed by atoms with E-state index in [2.05, 4.69) is 0 Å². The molecule has 2 aliphatic heterocycles. The molecule has 3 rings (SSSR count). The summed E-state index contributed by atoms with van der Waals surface area (Å²) in [7, 11) is -0.878. The Hall–Kier alpha value is -0.780. The Labute approximate surface area is 138 Å². The van der Waals surface area contributed by atoms with Crippen LogP contribution < -0.4 is 9.47 Å². The van der Waals surface area contributed by atoms with Gasteiger partial charge in [-0.2, -0.15) is 0 Å². The van der Waals surface area contributed by atoms with Crippen molar-refractivity contribution >= 4 is 22.4 Å². The van der Waals surface area contributed by atoms with Crippen molar-refractivity contribution in [1.82, 2.24) is 0 Å². The highest BCUT2D eigenvalue weighted by Gasteiger charge is 2.29. The van der Waals surface area contributed by atoms with Gasteiger partial charge in [0.25, 0.3) is 0 Å². The van der Waals surface area contributed by atoms with Crippen molar-refractivity contribution in [2.75, 3.05) is 25.6 Å². The van der Waals surface area contributed by atoms with E-state index in [0.717, 1.165) is 18.4 Å². The molecule has 1 aromatic carbocycles. The van der Waals surface area contributed by atoms with Crippen LogP contribution in [0.5, 0.6) is 11.5 Å². The van der Waals surface area contributed by atoms with E-state index in [4.69, 9.17) is 25.8 Å². The lowest BCUT2D eigenvalue weighted by Crippen LogP contribution is -2.25. The minimum Gasteiger partial charge on any atom is -0.489 e. The van der Waals surface area contributed by atoms with Gasteiger partial charge in [0.15, 0.2) is 11.5 Å². The number of hydrogen-bond acceptors (Lipinski definition) is 4. The third kappa shape index (κ3) is 3.58. The number of rotatable bonds is 4. The topological polar surface area (TPSA) is 44.8 Å². The first-order chi connectivity index (χ1) is 10.6. The molecule has 0 saturated carbocycles. The van der Waals surface area contributed by atoms with E-state index in [1.54, 1.807) is 0 Å². The highest BCUT2D eigenvalue weighted by atomic mass is 35.5. The third-order valence-electron chi connectivity index (χ3n) is 4.10. The summed E-state index contributed by atoms with van der Waals surface area (Å²) in [6, 6.07) is 3.85. The van der Waals surface area contributed by atoms with Crippen molar-refractivity contribution in [2.45, 2.75) is 37.5 Å². The van der Waals surface area contributed by atoms with Crippen LogP contribution in [0.1, 0.15) is 25.3 Å². The second-order valence-corrected chi connectivity index (χ2v) is 7.88. The molecule has 0 spiro atoms. The zero-order valence-corrected chi connectivity index (χ0v) is 14.3. The summed E-state index contributed by atoms with van der Waals surface area (Å²) >= 11 is 6.28. The zero-order chi connectivity index (χ0) is 15.5. The molecule has 0 amide bonds. The summed E-state index contributed by atoms with van der Waals surface area (Å²) in [6.07, 6.45) is 2.54. The first-order valence-electron chi connectivity index (χ1n) is 7.72. The lowest BCUT2D eigenvalue weighted by Gasteiger charge is -2.14. The Kier molecular flexibility index (Phi) is 5.26. The van der Waals surface area contributed by atoms with Gasteiger partial charge in [0.1, 0.15) is 0 Å². The van der Waals surface area contributed by atoms with Gasteiger partial charge in [-0.25, -0.2) is 0 Å². The van der Waals surface area contributed by atoms with E-state index >= 15 is 0 Å². The summed E-state index contributed by atoms with van der Waals surface area (Å²) in [5.41, 5.74) is 1.04. The molecular formula is C16H21ClO4S. The fraction of sp³-hybridized carbons (Fsp3) is 0.625. The van der Waals surface area contributed by atoms with Gasteiger partial charge < -0.3 is 14.2 Å². The summed E-state index contributed by atoms with van der Waals surface area (Å²) in [5.74, 6) is 1.94. The normalized spacial score (nSPS) is 25.7. The van der Waals surface area contributed by atoms with Gasteiger partial charge in [-0.05, 0) is 37.5 Å². The van der Waals surface area contributed by atoms with Gasteiger partial charge in [-0.15, -0.1) is 0 Å². The molecule has 22 heavy (non-hydrogen) atoms. The van der Waals surface area contributed by atoms with Crippen LogP contribution in [0, 0.1) is 0 Å². The average Bonchev–Trinajstić information content (AvgIpc) is 2.78. The monoisotopic (exact) mass is 344 g/mol. The largest absolute Gasteiger partial charge is 0.489 e. The maximum absolute atomic E-state index is 12.4. The van der Waals surface area contributed by atoms with Crippen LogP contribution in [0.2, 0.25) is 5.02 Å². The fourth-order valence-corrected chi connectivity index (χ4v) is 4.75.